The van der Waals surface area contributed by atoms with Crippen molar-refractivity contribution in [2.75, 3.05) is 27.2 Å². The van der Waals surface area contributed by atoms with Crippen molar-refractivity contribution in [2.45, 2.75) is 63.1 Å². The first-order valence-electron chi connectivity index (χ1n) is 7.98. The Morgan fingerprint density at radius 2 is 1.90 bits per heavy atom. The van der Waals surface area contributed by atoms with Gasteiger partial charge in [-0.15, -0.1) is 0 Å². The normalized spacial score (nSPS) is 29.9. The van der Waals surface area contributed by atoms with Crippen LogP contribution < -0.4 is 5.73 Å². The summed E-state index contributed by atoms with van der Waals surface area (Å²) in [6, 6.07) is -0.0120. The third kappa shape index (κ3) is 3.76. The van der Waals surface area contributed by atoms with Gasteiger partial charge in [-0.1, -0.05) is 19.3 Å². The number of hydrogen-bond donors (Lipinski definition) is 1. The molecule has 2 aliphatic rings. The lowest BCUT2D eigenvalue weighted by Crippen LogP contribution is -2.56. The highest BCUT2D eigenvalue weighted by Gasteiger charge is 2.39. The molecule has 1 saturated carbocycles. The summed E-state index contributed by atoms with van der Waals surface area (Å²) in [6.07, 6.45) is 6.94. The van der Waals surface area contributed by atoms with E-state index in [1.807, 2.05) is 0 Å². The van der Waals surface area contributed by atoms with E-state index < -0.39 is 10.2 Å². The summed E-state index contributed by atoms with van der Waals surface area (Å²) in [4.78, 5) is 0. The molecule has 7 heteroatoms. The lowest BCUT2D eigenvalue weighted by atomic mass is 9.96. The summed E-state index contributed by atoms with van der Waals surface area (Å²) in [7, 11) is -0.0228. The van der Waals surface area contributed by atoms with Crippen molar-refractivity contribution >= 4 is 10.2 Å². The third-order valence-electron chi connectivity index (χ3n) is 4.97. The second kappa shape index (κ2) is 7.37. The number of hydrogen-bond acceptors (Lipinski definition) is 4. The van der Waals surface area contributed by atoms with Crippen LogP contribution in [0.15, 0.2) is 0 Å². The minimum atomic E-state index is -3.42. The summed E-state index contributed by atoms with van der Waals surface area (Å²) >= 11 is 0. The Kier molecular flexibility index (Phi) is 6.02. The van der Waals surface area contributed by atoms with E-state index in [2.05, 4.69) is 0 Å². The molecular weight excluding hydrogens is 290 g/mol. The van der Waals surface area contributed by atoms with Crippen LogP contribution in [0.5, 0.6) is 0 Å². The van der Waals surface area contributed by atoms with Crippen molar-refractivity contribution in [1.29, 1.82) is 0 Å². The Morgan fingerprint density at radius 3 is 2.48 bits per heavy atom. The van der Waals surface area contributed by atoms with Crippen molar-refractivity contribution in [1.82, 2.24) is 8.61 Å². The van der Waals surface area contributed by atoms with Crippen LogP contribution in [-0.2, 0) is 14.9 Å². The van der Waals surface area contributed by atoms with Crippen molar-refractivity contribution in [3.63, 3.8) is 0 Å². The van der Waals surface area contributed by atoms with Gasteiger partial charge in [0.1, 0.15) is 0 Å². The van der Waals surface area contributed by atoms with Crippen LogP contribution in [-0.4, -0.2) is 62.5 Å². The van der Waals surface area contributed by atoms with Crippen LogP contribution in [0.4, 0.5) is 0 Å². The molecule has 0 radical (unpaired) electrons. The molecule has 2 rings (SSSR count). The van der Waals surface area contributed by atoms with Gasteiger partial charge in [0.25, 0.3) is 10.2 Å². The Bertz CT molecular complexity index is 423. The molecule has 0 aromatic rings. The summed E-state index contributed by atoms with van der Waals surface area (Å²) < 4.78 is 34.4. The molecule has 0 aromatic heterocycles. The molecule has 6 nitrogen and oxygen atoms in total. The fourth-order valence-electron chi connectivity index (χ4n) is 3.52. The summed E-state index contributed by atoms with van der Waals surface area (Å²) in [5, 5.41) is 0. The first-order valence-corrected chi connectivity index (χ1v) is 9.38. The number of nitrogens with zero attached hydrogens (tertiary/aromatic N) is 2. The molecule has 0 bridgehead atoms. The zero-order chi connectivity index (χ0) is 15.5. The monoisotopic (exact) mass is 319 g/mol. The second-order valence-electron chi connectivity index (χ2n) is 6.20. The maximum absolute atomic E-state index is 12.9. The molecule has 0 spiro atoms. The van der Waals surface area contributed by atoms with E-state index in [9.17, 15) is 8.42 Å². The van der Waals surface area contributed by atoms with E-state index in [0.717, 1.165) is 32.1 Å². The summed E-state index contributed by atoms with van der Waals surface area (Å²) in [5.41, 5.74) is 5.81. The van der Waals surface area contributed by atoms with E-state index in [1.54, 1.807) is 22.8 Å². The highest BCUT2D eigenvalue weighted by atomic mass is 32.2. The molecule has 0 aromatic carbocycles. The van der Waals surface area contributed by atoms with Crippen LogP contribution >= 0.6 is 0 Å². The molecule has 2 N–H and O–H groups in total. The SMILES string of the molecule is COC1CCN(S(=O)(=O)N(C)C2CCCCC2)C(CN)C1. The maximum atomic E-state index is 12.9. The summed E-state index contributed by atoms with van der Waals surface area (Å²) in [6.45, 7) is 0.845. The first-order chi connectivity index (χ1) is 10.0. The Balaban J connectivity index is 2.09. The minimum Gasteiger partial charge on any atom is -0.381 e. The van der Waals surface area contributed by atoms with Gasteiger partial charge in [0.2, 0.25) is 0 Å². The molecule has 1 aliphatic carbocycles. The van der Waals surface area contributed by atoms with Crippen LogP contribution in [0.25, 0.3) is 0 Å². The first kappa shape index (κ1) is 17.1. The quantitative estimate of drug-likeness (QED) is 0.818. The molecule has 1 heterocycles. The van der Waals surface area contributed by atoms with Gasteiger partial charge in [0.05, 0.1) is 6.10 Å². The largest absolute Gasteiger partial charge is 0.381 e. The minimum absolute atomic E-state index is 0.116. The van der Waals surface area contributed by atoms with Gasteiger partial charge in [0, 0.05) is 39.3 Å². The predicted molar refractivity (Wildman–Crippen MR) is 83.1 cm³/mol. The van der Waals surface area contributed by atoms with E-state index in [-0.39, 0.29) is 18.2 Å². The van der Waals surface area contributed by atoms with Gasteiger partial charge in [-0.2, -0.15) is 17.0 Å². The van der Waals surface area contributed by atoms with Gasteiger partial charge in [0.15, 0.2) is 0 Å². The Labute approximate surface area is 128 Å². The molecule has 1 saturated heterocycles. The number of methoxy groups -OCH3 is 1. The van der Waals surface area contributed by atoms with E-state index >= 15 is 0 Å². The standard InChI is InChI=1S/C14H29N3O3S/c1-16(12-6-4-3-5-7-12)21(18,19)17-9-8-14(20-2)10-13(17)11-15/h12-14H,3-11,15H2,1-2H3. The van der Waals surface area contributed by atoms with Crippen LogP contribution in [0, 0.1) is 0 Å². The van der Waals surface area contributed by atoms with Crippen LogP contribution in [0.2, 0.25) is 0 Å². The lowest BCUT2D eigenvalue weighted by molar-refractivity contribution is 0.0380. The molecule has 2 atom stereocenters. The average molecular weight is 319 g/mol. The molecule has 0 amide bonds. The zero-order valence-corrected chi connectivity index (χ0v) is 14.0. The highest BCUT2D eigenvalue weighted by Crippen LogP contribution is 2.28. The molecule has 2 unspecified atom stereocenters. The van der Waals surface area contributed by atoms with E-state index in [0.29, 0.717) is 19.5 Å². The molecule has 1 aliphatic heterocycles. The number of rotatable bonds is 5. The zero-order valence-electron chi connectivity index (χ0n) is 13.2. The number of ether oxygens (including phenoxy) is 1. The molecule has 21 heavy (non-hydrogen) atoms. The van der Waals surface area contributed by atoms with Gasteiger partial charge >= 0.3 is 0 Å². The smallest absolute Gasteiger partial charge is 0.282 e. The fourth-order valence-corrected chi connectivity index (χ4v) is 5.33. The van der Waals surface area contributed by atoms with Crippen LogP contribution in [0.1, 0.15) is 44.9 Å². The maximum Gasteiger partial charge on any atom is 0.282 e. The highest BCUT2D eigenvalue weighted by molar-refractivity contribution is 7.86. The van der Waals surface area contributed by atoms with Crippen molar-refractivity contribution < 1.29 is 13.2 Å². The molecular formula is C14H29N3O3S. The topological polar surface area (TPSA) is 75.9 Å². The Hall–Kier alpha value is -0.210. The van der Waals surface area contributed by atoms with E-state index in [1.165, 1.54) is 6.42 Å². The van der Waals surface area contributed by atoms with Crippen LogP contribution in [0.3, 0.4) is 0 Å². The lowest BCUT2D eigenvalue weighted by Gasteiger charge is -2.41. The number of nitrogens with two attached hydrogens (primary N) is 1. The molecule has 2 fully saturated rings. The molecule has 124 valence electrons. The summed E-state index contributed by atoms with van der Waals surface area (Å²) in [5.74, 6) is 0. The number of piperidine rings is 1. The predicted octanol–water partition coefficient (Wildman–Crippen LogP) is 0.934. The van der Waals surface area contributed by atoms with Gasteiger partial charge in [-0.3, -0.25) is 0 Å². The van der Waals surface area contributed by atoms with Crippen molar-refractivity contribution in [3.05, 3.63) is 0 Å². The van der Waals surface area contributed by atoms with Crippen molar-refractivity contribution in [3.8, 4) is 0 Å². The Morgan fingerprint density at radius 1 is 1.24 bits per heavy atom. The van der Waals surface area contributed by atoms with Gasteiger partial charge < -0.3 is 10.5 Å². The third-order valence-corrected chi connectivity index (χ3v) is 7.07. The second-order valence-corrected chi connectivity index (χ2v) is 8.14. The fraction of sp³-hybridized carbons (Fsp3) is 1.00. The van der Waals surface area contributed by atoms with Gasteiger partial charge in [-0.05, 0) is 25.7 Å². The average Bonchev–Trinajstić information content (AvgIpc) is 2.54. The van der Waals surface area contributed by atoms with Gasteiger partial charge in [-0.25, -0.2) is 0 Å². The van der Waals surface area contributed by atoms with Crippen molar-refractivity contribution in [2.24, 2.45) is 5.73 Å². The van der Waals surface area contributed by atoms with E-state index in [4.69, 9.17) is 10.5 Å².